The lowest BCUT2D eigenvalue weighted by Gasteiger charge is -2.24. The number of fused-ring (bicyclic) bond motifs is 2. The van der Waals surface area contributed by atoms with E-state index in [2.05, 4.69) is 10.3 Å². The Labute approximate surface area is 140 Å². The third-order valence-electron chi connectivity index (χ3n) is 4.44. The van der Waals surface area contributed by atoms with Gasteiger partial charge < -0.3 is 14.5 Å². The molecule has 1 atom stereocenters. The van der Waals surface area contributed by atoms with Crippen LogP contribution in [-0.4, -0.2) is 21.9 Å². The minimum absolute atomic E-state index is 0.0123. The molecule has 122 valence electrons. The molecule has 0 unspecified atom stereocenters. The van der Waals surface area contributed by atoms with Gasteiger partial charge in [-0.25, -0.2) is 4.98 Å². The van der Waals surface area contributed by atoms with Crippen molar-refractivity contribution in [3.63, 3.8) is 0 Å². The van der Waals surface area contributed by atoms with Gasteiger partial charge in [0.05, 0.1) is 18.2 Å². The summed E-state index contributed by atoms with van der Waals surface area (Å²) in [4.78, 5) is 17.0. The number of hydrogen-bond acceptors (Lipinski definition) is 3. The van der Waals surface area contributed by atoms with Crippen LogP contribution in [0.3, 0.4) is 0 Å². The molecule has 3 heterocycles. The normalized spacial score (nSPS) is 16.5. The summed E-state index contributed by atoms with van der Waals surface area (Å²) >= 11 is 0. The number of carbonyl (C=O) groups excluding carboxylic acids is 1. The molecule has 0 bridgehead atoms. The highest BCUT2D eigenvalue weighted by molar-refractivity contribution is 5.79. The zero-order valence-corrected chi connectivity index (χ0v) is 13.5. The van der Waals surface area contributed by atoms with Crippen LogP contribution in [-0.2, 0) is 17.8 Å². The molecule has 2 aromatic heterocycles. The monoisotopic (exact) mass is 321 g/mol. The molecule has 5 nitrogen and oxygen atoms in total. The van der Waals surface area contributed by atoms with Gasteiger partial charge in [0.2, 0.25) is 5.91 Å². The molecule has 5 heteroatoms. The van der Waals surface area contributed by atoms with Crippen LogP contribution in [0.1, 0.15) is 17.0 Å². The summed E-state index contributed by atoms with van der Waals surface area (Å²) in [5.74, 6) is 0.745. The number of carbonyl (C=O) groups is 1. The van der Waals surface area contributed by atoms with E-state index in [9.17, 15) is 4.79 Å². The van der Waals surface area contributed by atoms with Gasteiger partial charge in [-0.1, -0.05) is 24.3 Å². The molecule has 1 amide bonds. The smallest absolute Gasteiger partial charge is 0.227 e. The summed E-state index contributed by atoms with van der Waals surface area (Å²) in [7, 11) is 0. The van der Waals surface area contributed by atoms with Crippen molar-refractivity contribution in [2.45, 2.75) is 19.9 Å². The third-order valence-corrected chi connectivity index (χ3v) is 4.44. The first-order valence-electron chi connectivity index (χ1n) is 8.13. The molecule has 3 aromatic rings. The van der Waals surface area contributed by atoms with Gasteiger partial charge in [-0.05, 0) is 37.1 Å². The molecule has 4 rings (SSSR count). The van der Waals surface area contributed by atoms with E-state index in [0.717, 1.165) is 28.3 Å². The summed E-state index contributed by atoms with van der Waals surface area (Å²) in [6, 6.07) is 13.9. The van der Waals surface area contributed by atoms with E-state index < -0.39 is 0 Å². The summed E-state index contributed by atoms with van der Waals surface area (Å²) in [5.41, 5.74) is 3.96. The van der Waals surface area contributed by atoms with Crippen LogP contribution in [0.4, 0.5) is 0 Å². The summed E-state index contributed by atoms with van der Waals surface area (Å²) in [5, 5.41) is 2.99. The van der Waals surface area contributed by atoms with Gasteiger partial charge in [0.15, 0.2) is 0 Å². The first-order chi connectivity index (χ1) is 11.7. The number of para-hydroxylation sites is 1. The Morgan fingerprint density at radius 2 is 2.17 bits per heavy atom. The number of pyridine rings is 1. The molecule has 0 saturated carbocycles. The number of nitrogens with zero attached hydrogens (tertiary/aromatic N) is 2. The largest absolute Gasteiger partial charge is 0.492 e. The second-order valence-corrected chi connectivity index (χ2v) is 6.17. The predicted molar refractivity (Wildman–Crippen MR) is 90.9 cm³/mol. The third kappa shape index (κ3) is 2.73. The standard InChI is InChI=1S/C19H19N3O2/c1-13-5-4-8-18-21-16(11-22(13)18)10-20-19(23)15-9-14-6-2-3-7-17(14)24-12-15/h2-8,11,15H,9-10,12H2,1H3,(H,20,23)/t15-/m1/s1. The highest BCUT2D eigenvalue weighted by Crippen LogP contribution is 2.26. The van der Waals surface area contributed by atoms with Crippen LogP contribution < -0.4 is 10.1 Å². The molecule has 0 saturated heterocycles. The maximum atomic E-state index is 12.4. The Kier molecular flexibility index (Phi) is 3.69. The lowest BCUT2D eigenvalue weighted by molar-refractivity contribution is -0.126. The van der Waals surface area contributed by atoms with Gasteiger partial charge >= 0.3 is 0 Å². The van der Waals surface area contributed by atoms with E-state index in [1.165, 1.54) is 0 Å². The first kappa shape index (κ1) is 14.8. The van der Waals surface area contributed by atoms with Gasteiger partial charge in [-0.15, -0.1) is 0 Å². The quantitative estimate of drug-likeness (QED) is 0.806. The number of nitrogens with one attached hydrogen (secondary N) is 1. The van der Waals surface area contributed by atoms with Crippen molar-refractivity contribution >= 4 is 11.6 Å². The summed E-state index contributed by atoms with van der Waals surface area (Å²) in [6.07, 6.45) is 2.68. The molecular formula is C19H19N3O2. The maximum Gasteiger partial charge on any atom is 0.227 e. The fourth-order valence-electron chi connectivity index (χ4n) is 3.10. The van der Waals surface area contributed by atoms with Crippen molar-refractivity contribution < 1.29 is 9.53 Å². The molecule has 1 aliphatic heterocycles. The van der Waals surface area contributed by atoms with Gasteiger partial charge in [0, 0.05) is 11.9 Å². The fraction of sp³-hybridized carbons (Fsp3) is 0.263. The number of benzene rings is 1. The van der Waals surface area contributed by atoms with Crippen molar-refractivity contribution in [3.05, 3.63) is 65.6 Å². The highest BCUT2D eigenvalue weighted by Gasteiger charge is 2.25. The second kappa shape index (κ2) is 6.00. The van der Waals surface area contributed by atoms with E-state index in [1.54, 1.807) is 0 Å². The second-order valence-electron chi connectivity index (χ2n) is 6.17. The average Bonchev–Trinajstić information content (AvgIpc) is 3.04. The fourth-order valence-corrected chi connectivity index (χ4v) is 3.10. The van der Waals surface area contributed by atoms with Crippen molar-refractivity contribution in [2.24, 2.45) is 5.92 Å². The highest BCUT2D eigenvalue weighted by atomic mass is 16.5. The molecule has 0 fully saturated rings. The van der Waals surface area contributed by atoms with Crippen LogP contribution in [0.5, 0.6) is 5.75 Å². The van der Waals surface area contributed by atoms with E-state index in [1.807, 2.05) is 60.0 Å². The molecule has 1 aromatic carbocycles. The molecule has 24 heavy (non-hydrogen) atoms. The average molecular weight is 321 g/mol. The maximum absolute atomic E-state index is 12.4. The van der Waals surface area contributed by atoms with Crippen LogP contribution in [0.15, 0.2) is 48.7 Å². The number of aromatic nitrogens is 2. The van der Waals surface area contributed by atoms with E-state index in [0.29, 0.717) is 19.6 Å². The lowest BCUT2D eigenvalue weighted by Crippen LogP contribution is -2.37. The number of amides is 1. The molecular weight excluding hydrogens is 302 g/mol. The Hall–Kier alpha value is -2.82. The zero-order valence-electron chi connectivity index (χ0n) is 13.5. The van der Waals surface area contributed by atoms with E-state index in [-0.39, 0.29) is 11.8 Å². The van der Waals surface area contributed by atoms with Crippen LogP contribution in [0, 0.1) is 12.8 Å². The molecule has 1 aliphatic rings. The SMILES string of the molecule is Cc1cccc2nc(CNC(=O)[C@H]3COc4ccccc4C3)cn12. The van der Waals surface area contributed by atoms with Crippen molar-refractivity contribution in [1.82, 2.24) is 14.7 Å². The number of hydrogen-bond donors (Lipinski definition) is 1. The van der Waals surface area contributed by atoms with Crippen molar-refractivity contribution in [2.75, 3.05) is 6.61 Å². The minimum Gasteiger partial charge on any atom is -0.492 e. The van der Waals surface area contributed by atoms with E-state index >= 15 is 0 Å². The lowest BCUT2D eigenvalue weighted by atomic mass is 9.96. The topological polar surface area (TPSA) is 55.6 Å². The van der Waals surface area contributed by atoms with Gasteiger partial charge in [0.25, 0.3) is 0 Å². The van der Waals surface area contributed by atoms with Crippen molar-refractivity contribution in [1.29, 1.82) is 0 Å². The van der Waals surface area contributed by atoms with Gasteiger partial charge in [-0.2, -0.15) is 0 Å². The Morgan fingerprint density at radius 1 is 1.29 bits per heavy atom. The Morgan fingerprint density at radius 3 is 3.04 bits per heavy atom. The first-order valence-corrected chi connectivity index (χ1v) is 8.13. The number of aryl methyl sites for hydroxylation is 1. The molecule has 1 N–H and O–H groups in total. The zero-order chi connectivity index (χ0) is 16.5. The van der Waals surface area contributed by atoms with Crippen molar-refractivity contribution in [3.8, 4) is 5.75 Å². The molecule has 0 radical (unpaired) electrons. The minimum atomic E-state index is -0.154. The number of rotatable bonds is 3. The summed E-state index contributed by atoms with van der Waals surface area (Å²) in [6.45, 7) is 2.89. The van der Waals surface area contributed by atoms with Crippen LogP contribution in [0.2, 0.25) is 0 Å². The molecule has 0 spiro atoms. The number of ether oxygens (including phenoxy) is 1. The van der Waals surface area contributed by atoms with E-state index in [4.69, 9.17) is 4.74 Å². The molecule has 0 aliphatic carbocycles. The van der Waals surface area contributed by atoms with Gasteiger partial charge in [0.1, 0.15) is 18.0 Å². The predicted octanol–water partition coefficient (Wildman–Crippen LogP) is 2.51. The van der Waals surface area contributed by atoms with Gasteiger partial charge in [-0.3, -0.25) is 4.79 Å². The van der Waals surface area contributed by atoms with Crippen LogP contribution >= 0.6 is 0 Å². The number of imidazole rings is 1. The Bertz CT molecular complexity index is 901. The Balaban J connectivity index is 1.42. The van der Waals surface area contributed by atoms with Crippen LogP contribution in [0.25, 0.3) is 5.65 Å². The summed E-state index contributed by atoms with van der Waals surface area (Å²) < 4.78 is 7.72.